The van der Waals surface area contributed by atoms with Gasteiger partial charge in [-0.1, -0.05) is 48.0 Å². The number of para-hydroxylation sites is 1. The molecule has 1 aliphatic heterocycles. The molecule has 0 bridgehead atoms. The predicted octanol–water partition coefficient (Wildman–Crippen LogP) is 4.43. The van der Waals surface area contributed by atoms with E-state index in [9.17, 15) is 9.90 Å². The molecule has 4 rings (SSSR count). The highest BCUT2D eigenvalue weighted by atomic mass is 16.4. The van der Waals surface area contributed by atoms with Crippen molar-refractivity contribution in [3.63, 3.8) is 0 Å². The van der Waals surface area contributed by atoms with Crippen LogP contribution in [0.4, 0.5) is 0 Å². The number of aliphatic carboxylic acids is 1. The van der Waals surface area contributed by atoms with Gasteiger partial charge in [-0.25, -0.2) is 0 Å². The van der Waals surface area contributed by atoms with Gasteiger partial charge in [-0.15, -0.1) is 0 Å². The number of nitrogens with zero attached hydrogens (tertiary/aromatic N) is 2. The van der Waals surface area contributed by atoms with E-state index < -0.39 is 5.97 Å². The van der Waals surface area contributed by atoms with E-state index in [2.05, 4.69) is 59.3 Å². The van der Waals surface area contributed by atoms with Crippen LogP contribution in [0.5, 0.6) is 0 Å². The van der Waals surface area contributed by atoms with Crippen LogP contribution in [-0.4, -0.2) is 34.0 Å². The Labute approximate surface area is 159 Å². The zero-order chi connectivity index (χ0) is 18.8. The number of hydrogen-bond donors (Lipinski definition) is 1. The number of piperidine rings is 1. The average molecular weight is 360 g/mol. The average Bonchev–Trinajstić information content (AvgIpc) is 2.69. The van der Waals surface area contributed by atoms with Gasteiger partial charge in [0.25, 0.3) is 0 Å². The van der Waals surface area contributed by atoms with Crippen molar-refractivity contribution >= 4 is 16.9 Å². The van der Waals surface area contributed by atoms with E-state index in [1.54, 1.807) is 0 Å². The molecule has 0 amide bonds. The Balaban J connectivity index is 1.78. The largest absolute Gasteiger partial charge is 0.481 e. The summed E-state index contributed by atoms with van der Waals surface area (Å²) in [5, 5.41) is 10.5. The molecule has 4 nitrogen and oxygen atoms in total. The van der Waals surface area contributed by atoms with Crippen molar-refractivity contribution in [3.05, 3.63) is 77.5 Å². The van der Waals surface area contributed by atoms with E-state index in [0.717, 1.165) is 24.0 Å². The number of benzene rings is 2. The summed E-state index contributed by atoms with van der Waals surface area (Å²) in [5.41, 5.74) is 4.71. The molecule has 0 radical (unpaired) electrons. The van der Waals surface area contributed by atoms with Gasteiger partial charge in [0.15, 0.2) is 0 Å². The number of fused-ring (bicyclic) bond motifs is 1. The van der Waals surface area contributed by atoms with Crippen LogP contribution in [0, 0.1) is 12.8 Å². The van der Waals surface area contributed by atoms with Gasteiger partial charge in [-0.2, -0.15) is 0 Å². The van der Waals surface area contributed by atoms with E-state index >= 15 is 0 Å². The molecule has 1 aliphatic rings. The van der Waals surface area contributed by atoms with E-state index in [-0.39, 0.29) is 12.0 Å². The van der Waals surface area contributed by atoms with Gasteiger partial charge >= 0.3 is 5.97 Å². The number of carboxylic acid groups (broad SMARTS) is 1. The molecule has 1 saturated heterocycles. The predicted molar refractivity (Wildman–Crippen MR) is 107 cm³/mol. The fourth-order valence-corrected chi connectivity index (χ4v) is 4.19. The smallest absolute Gasteiger partial charge is 0.306 e. The first kappa shape index (κ1) is 17.7. The molecule has 0 saturated carbocycles. The quantitative estimate of drug-likeness (QED) is 0.748. The SMILES string of the molecule is Cc1cccc(C(c2ccnc3ccccc23)N2CCC(C(=O)O)CC2)c1. The zero-order valence-corrected chi connectivity index (χ0v) is 15.5. The Morgan fingerprint density at radius 3 is 2.63 bits per heavy atom. The summed E-state index contributed by atoms with van der Waals surface area (Å²) in [6.45, 7) is 3.68. The van der Waals surface area contributed by atoms with Crippen molar-refractivity contribution in [3.8, 4) is 0 Å². The number of pyridine rings is 1. The Kier molecular flexibility index (Phi) is 4.90. The lowest BCUT2D eigenvalue weighted by atomic mass is 9.89. The molecule has 0 aliphatic carbocycles. The number of hydrogen-bond acceptors (Lipinski definition) is 3. The van der Waals surface area contributed by atoms with Crippen molar-refractivity contribution in [2.45, 2.75) is 25.8 Å². The lowest BCUT2D eigenvalue weighted by Crippen LogP contribution is -2.39. The standard InChI is InChI=1S/C23H24N2O2/c1-16-5-4-6-18(15-16)22(25-13-10-17(11-14-25)23(26)27)20-9-12-24-21-8-3-2-7-19(20)21/h2-9,12,15,17,22H,10-11,13-14H2,1H3,(H,26,27). The maximum absolute atomic E-state index is 11.4. The van der Waals surface area contributed by atoms with Crippen LogP contribution >= 0.6 is 0 Å². The monoisotopic (exact) mass is 360 g/mol. The molecule has 1 atom stereocenters. The Morgan fingerprint density at radius 1 is 1.11 bits per heavy atom. The lowest BCUT2D eigenvalue weighted by Gasteiger charge is -2.37. The minimum atomic E-state index is -0.670. The molecule has 2 heterocycles. The van der Waals surface area contributed by atoms with Crippen LogP contribution in [0.15, 0.2) is 60.8 Å². The van der Waals surface area contributed by atoms with Crippen LogP contribution in [0.25, 0.3) is 10.9 Å². The first-order chi connectivity index (χ1) is 13.1. The minimum Gasteiger partial charge on any atom is -0.481 e. The van der Waals surface area contributed by atoms with Crippen molar-refractivity contribution in [2.24, 2.45) is 5.92 Å². The second-order valence-corrected chi connectivity index (χ2v) is 7.38. The highest BCUT2D eigenvalue weighted by Crippen LogP contribution is 2.35. The molecule has 0 spiro atoms. The normalized spacial score (nSPS) is 17.1. The second kappa shape index (κ2) is 7.49. The molecule has 1 unspecified atom stereocenters. The number of rotatable bonds is 4. The Hall–Kier alpha value is -2.72. The highest BCUT2D eigenvalue weighted by Gasteiger charge is 2.31. The molecular formula is C23H24N2O2. The zero-order valence-electron chi connectivity index (χ0n) is 15.5. The van der Waals surface area contributed by atoms with E-state index in [0.29, 0.717) is 12.8 Å². The molecule has 4 heteroatoms. The number of carbonyl (C=O) groups is 1. The summed E-state index contributed by atoms with van der Waals surface area (Å²) >= 11 is 0. The highest BCUT2D eigenvalue weighted by molar-refractivity contribution is 5.82. The van der Waals surface area contributed by atoms with Gasteiger partial charge in [0.05, 0.1) is 17.5 Å². The van der Waals surface area contributed by atoms with Crippen LogP contribution in [0.2, 0.25) is 0 Å². The van der Waals surface area contributed by atoms with Crippen molar-refractivity contribution < 1.29 is 9.90 Å². The summed E-state index contributed by atoms with van der Waals surface area (Å²) in [5.74, 6) is -0.898. The van der Waals surface area contributed by atoms with Crippen LogP contribution in [-0.2, 0) is 4.79 Å². The van der Waals surface area contributed by atoms with E-state index in [4.69, 9.17) is 0 Å². The molecule has 3 aromatic rings. The number of carboxylic acids is 1. The fourth-order valence-electron chi connectivity index (χ4n) is 4.19. The van der Waals surface area contributed by atoms with Gasteiger partial charge in [0, 0.05) is 11.6 Å². The summed E-state index contributed by atoms with van der Waals surface area (Å²) in [7, 11) is 0. The minimum absolute atomic E-state index is 0.104. The third-order valence-electron chi connectivity index (χ3n) is 5.58. The Morgan fingerprint density at radius 2 is 1.89 bits per heavy atom. The van der Waals surface area contributed by atoms with Crippen molar-refractivity contribution in [2.75, 3.05) is 13.1 Å². The molecule has 27 heavy (non-hydrogen) atoms. The summed E-state index contributed by atoms with van der Waals surface area (Å²) in [6, 6.07) is 19.1. The maximum Gasteiger partial charge on any atom is 0.306 e. The molecule has 1 fully saturated rings. The van der Waals surface area contributed by atoms with Gasteiger partial charge < -0.3 is 5.11 Å². The van der Waals surface area contributed by atoms with E-state index in [1.807, 2.05) is 18.3 Å². The van der Waals surface area contributed by atoms with E-state index in [1.165, 1.54) is 16.7 Å². The third kappa shape index (κ3) is 3.58. The number of likely N-dealkylation sites (tertiary alicyclic amines) is 1. The van der Waals surface area contributed by atoms with Gasteiger partial charge in [-0.3, -0.25) is 14.7 Å². The maximum atomic E-state index is 11.4. The molecule has 1 N–H and O–H groups in total. The first-order valence-corrected chi connectivity index (χ1v) is 9.50. The van der Waals surface area contributed by atoms with Crippen LogP contribution < -0.4 is 0 Å². The molecule has 2 aromatic carbocycles. The fraction of sp³-hybridized carbons (Fsp3) is 0.304. The van der Waals surface area contributed by atoms with Crippen LogP contribution in [0.1, 0.15) is 35.6 Å². The summed E-state index contributed by atoms with van der Waals surface area (Å²) < 4.78 is 0. The second-order valence-electron chi connectivity index (χ2n) is 7.38. The number of aromatic nitrogens is 1. The molecular weight excluding hydrogens is 336 g/mol. The summed E-state index contributed by atoms with van der Waals surface area (Å²) in [6.07, 6.45) is 3.27. The van der Waals surface area contributed by atoms with Gasteiger partial charge in [-0.05, 0) is 56.1 Å². The van der Waals surface area contributed by atoms with Gasteiger partial charge in [0.1, 0.15) is 0 Å². The van der Waals surface area contributed by atoms with Crippen molar-refractivity contribution in [1.82, 2.24) is 9.88 Å². The molecule has 138 valence electrons. The van der Waals surface area contributed by atoms with Gasteiger partial charge in [0.2, 0.25) is 0 Å². The lowest BCUT2D eigenvalue weighted by molar-refractivity contribution is -0.143. The summed E-state index contributed by atoms with van der Waals surface area (Å²) in [4.78, 5) is 18.3. The third-order valence-corrected chi connectivity index (χ3v) is 5.58. The molecule has 1 aromatic heterocycles. The van der Waals surface area contributed by atoms with Crippen LogP contribution in [0.3, 0.4) is 0 Å². The van der Waals surface area contributed by atoms with Crippen molar-refractivity contribution in [1.29, 1.82) is 0 Å². The first-order valence-electron chi connectivity index (χ1n) is 9.50. The Bertz CT molecular complexity index is 956. The topological polar surface area (TPSA) is 53.4 Å². The number of aryl methyl sites for hydroxylation is 1.